The molecular formula is C23H22BrClN6OS. The third-order valence-corrected chi connectivity index (χ3v) is 5.98. The standard InChI is InChI=1S/C23H22BrClN6OS/c1-2-16-7-9-19(10-8-16)32-15-31-13-18(11-26-31)27-23(33)28-22-20(24)14-30(29-22)12-17-5-3-4-6-21(17)25/h3-11,13-14H,2,12,15H2,1H3,(H2,27,28,29,33). The molecule has 0 aliphatic heterocycles. The van der Waals surface area contributed by atoms with Crippen molar-refractivity contribution in [3.05, 3.63) is 87.7 Å². The fraction of sp³-hybridized carbons (Fsp3) is 0.174. The highest BCUT2D eigenvalue weighted by Crippen LogP contribution is 2.23. The lowest BCUT2D eigenvalue weighted by Gasteiger charge is -2.08. The van der Waals surface area contributed by atoms with E-state index in [9.17, 15) is 0 Å². The van der Waals surface area contributed by atoms with E-state index < -0.39 is 0 Å². The average molecular weight is 546 g/mol. The smallest absolute Gasteiger partial charge is 0.180 e. The van der Waals surface area contributed by atoms with Gasteiger partial charge in [0.2, 0.25) is 0 Å². The summed E-state index contributed by atoms with van der Waals surface area (Å²) in [6, 6.07) is 15.7. The molecule has 7 nitrogen and oxygen atoms in total. The zero-order valence-electron chi connectivity index (χ0n) is 17.8. The Balaban J connectivity index is 1.30. The van der Waals surface area contributed by atoms with Crippen molar-refractivity contribution in [1.82, 2.24) is 19.6 Å². The first-order valence-electron chi connectivity index (χ1n) is 10.3. The van der Waals surface area contributed by atoms with Crippen LogP contribution in [-0.4, -0.2) is 24.7 Å². The number of nitrogens with one attached hydrogen (secondary N) is 2. The number of hydrogen-bond donors (Lipinski definition) is 2. The van der Waals surface area contributed by atoms with Gasteiger partial charge in [0, 0.05) is 11.2 Å². The molecule has 2 aromatic heterocycles. The number of hydrogen-bond acceptors (Lipinski definition) is 4. The van der Waals surface area contributed by atoms with Crippen molar-refractivity contribution < 1.29 is 4.74 Å². The van der Waals surface area contributed by atoms with E-state index >= 15 is 0 Å². The van der Waals surface area contributed by atoms with Gasteiger partial charge in [-0.3, -0.25) is 4.68 Å². The van der Waals surface area contributed by atoms with E-state index in [0.717, 1.165) is 27.9 Å². The van der Waals surface area contributed by atoms with E-state index in [1.54, 1.807) is 15.6 Å². The molecule has 0 spiro atoms. The first-order valence-corrected chi connectivity index (χ1v) is 11.9. The van der Waals surface area contributed by atoms with Gasteiger partial charge in [-0.1, -0.05) is 48.9 Å². The summed E-state index contributed by atoms with van der Waals surface area (Å²) in [5.41, 5.74) is 3.00. The van der Waals surface area contributed by atoms with Gasteiger partial charge in [-0.15, -0.1) is 0 Å². The first-order chi connectivity index (χ1) is 16.0. The highest BCUT2D eigenvalue weighted by molar-refractivity contribution is 9.10. The molecule has 2 aromatic carbocycles. The quantitative estimate of drug-likeness (QED) is 0.267. The molecule has 0 aliphatic rings. The molecule has 0 saturated heterocycles. The molecule has 0 unspecified atom stereocenters. The van der Waals surface area contributed by atoms with Crippen molar-refractivity contribution in [2.75, 3.05) is 10.6 Å². The van der Waals surface area contributed by atoms with Gasteiger partial charge in [-0.05, 0) is 63.9 Å². The summed E-state index contributed by atoms with van der Waals surface area (Å²) in [5, 5.41) is 16.2. The Morgan fingerprint density at radius 2 is 1.88 bits per heavy atom. The van der Waals surface area contributed by atoms with Gasteiger partial charge >= 0.3 is 0 Å². The lowest BCUT2D eigenvalue weighted by Crippen LogP contribution is -2.19. The number of benzene rings is 2. The Hall–Kier alpha value is -2.88. The Morgan fingerprint density at radius 3 is 2.64 bits per heavy atom. The summed E-state index contributed by atoms with van der Waals surface area (Å²) < 4.78 is 10.0. The summed E-state index contributed by atoms with van der Waals surface area (Å²) in [5.74, 6) is 1.40. The molecular weight excluding hydrogens is 524 g/mol. The van der Waals surface area contributed by atoms with Crippen LogP contribution in [0, 0.1) is 0 Å². The third-order valence-electron chi connectivity index (χ3n) is 4.83. The van der Waals surface area contributed by atoms with Gasteiger partial charge in [0.25, 0.3) is 0 Å². The number of rotatable bonds is 8. The van der Waals surface area contributed by atoms with Crippen LogP contribution in [0.2, 0.25) is 5.02 Å². The normalized spacial score (nSPS) is 10.8. The highest BCUT2D eigenvalue weighted by atomic mass is 79.9. The number of thiocarbonyl (C=S) groups is 1. The Labute approximate surface area is 210 Å². The van der Waals surface area contributed by atoms with Crippen LogP contribution in [0.5, 0.6) is 5.75 Å². The van der Waals surface area contributed by atoms with E-state index in [0.29, 0.717) is 29.2 Å². The zero-order chi connectivity index (χ0) is 23.2. The fourth-order valence-electron chi connectivity index (χ4n) is 3.09. The maximum absolute atomic E-state index is 6.25. The Morgan fingerprint density at radius 1 is 1.09 bits per heavy atom. The van der Waals surface area contributed by atoms with Gasteiger partial charge < -0.3 is 15.4 Å². The molecule has 2 heterocycles. The van der Waals surface area contributed by atoms with E-state index in [1.807, 2.05) is 48.8 Å². The Kier molecular flexibility index (Phi) is 7.64. The third kappa shape index (κ3) is 6.34. The van der Waals surface area contributed by atoms with E-state index in [4.69, 9.17) is 28.6 Å². The van der Waals surface area contributed by atoms with E-state index in [2.05, 4.69) is 55.8 Å². The molecule has 0 radical (unpaired) electrons. The first kappa shape index (κ1) is 23.3. The van der Waals surface area contributed by atoms with Crippen LogP contribution in [-0.2, 0) is 19.7 Å². The summed E-state index contributed by atoms with van der Waals surface area (Å²) in [6.45, 7) is 2.97. The number of nitrogens with zero attached hydrogens (tertiary/aromatic N) is 4. The number of aryl methyl sites for hydroxylation is 1. The SMILES string of the molecule is CCc1ccc(OCn2cc(NC(=S)Nc3nn(Cc4ccccc4Cl)cc3Br)cn2)cc1. The zero-order valence-corrected chi connectivity index (χ0v) is 21.0. The molecule has 0 saturated carbocycles. The van der Waals surface area contributed by atoms with Crippen molar-refractivity contribution in [3.63, 3.8) is 0 Å². The summed E-state index contributed by atoms with van der Waals surface area (Å²) in [4.78, 5) is 0. The van der Waals surface area contributed by atoms with Crippen molar-refractivity contribution in [3.8, 4) is 5.75 Å². The molecule has 4 rings (SSSR count). The number of anilines is 2. The molecule has 0 aliphatic carbocycles. The van der Waals surface area contributed by atoms with Gasteiger partial charge in [-0.2, -0.15) is 10.2 Å². The molecule has 2 N–H and O–H groups in total. The predicted molar refractivity (Wildman–Crippen MR) is 139 cm³/mol. The van der Waals surface area contributed by atoms with Crippen molar-refractivity contribution >= 4 is 56.4 Å². The van der Waals surface area contributed by atoms with E-state index in [-0.39, 0.29) is 0 Å². The fourth-order valence-corrected chi connectivity index (χ4v) is 3.92. The van der Waals surface area contributed by atoms with Gasteiger partial charge in [0.05, 0.1) is 29.1 Å². The lowest BCUT2D eigenvalue weighted by atomic mass is 10.2. The molecule has 10 heteroatoms. The average Bonchev–Trinajstić information content (AvgIpc) is 3.40. The minimum atomic E-state index is 0.297. The van der Waals surface area contributed by atoms with Crippen LogP contribution in [0.1, 0.15) is 18.1 Å². The molecule has 33 heavy (non-hydrogen) atoms. The van der Waals surface area contributed by atoms with E-state index in [1.165, 1.54) is 5.56 Å². The van der Waals surface area contributed by atoms with Crippen LogP contribution in [0.15, 0.2) is 71.6 Å². The second-order valence-corrected chi connectivity index (χ2v) is 8.90. The number of ether oxygens (including phenoxy) is 1. The molecule has 0 fully saturated rings. The molecule has 0 atom stereocenters. The topological polar surface area (TPSA) is 68.9 Å². The largest absolute Gasteiger partial charge is 0.471 e. The van der Waals surface area contributed by atoms with Crippen LogP contribution >= 0.6 is 39.7 Å². The summed E-state index contributed by atoms with van der Waals surface area (Å²) >= 11 is 15.2. The molecule has 0 bridgehead atoms. The van der Waals surface area contributed by atoms with Gasteiger partial charge in [0.1, 0.15) is 5.75 Å². The number of aromatic nitrogens is 4. The number of halogens is 2. The van der Waals surface area contributed by atoms with Crippen LogP contribution < -0.4 is 15.4 Å². The molecule has 0 amide bonds. The highest BCUT2D eigenvalue weighted by Gasteiger charge is 2.10. The predicted octanol–water partition coefficient (Wildman–Crippen LogP) is 5.95. The molecule has 4 aromatic rings. The van der Waals surface area contributed by atoms with Crippen LogP contribution in [0.4, 0.5) is 11.5 Å². The van der Waals surface area contributed by atoms with Crippen molar-refractivity contribution in [1.29, 1.82) is 0 Å². The summed E-state index contributed by atoms with van der Waals surface area (Å²) in [7, 11) is 0. The van der Waals surface area contributed by atoms with Crippen molar-refractivity contribution in [2.24, 2.45) is 0 Å². The van der Waals surface area contributed by atoms with Gasteiger partial charge in [0.15, 0.2) is 17.7 Å². The maximum atomic E-state index is 6.25. The second kappa shape index (κ2) is 10.8. The molecule has 170 valence electrons. The van der Waals surface area contributed by atoms with Crippen LogP contribution in [0.3, 0.4) is 0 Å². The minimum Gasteiger partial charge on any atom is -0.471 e. The maximum Gasteiger partial charge on any atom is 0.180 e. The van der Waals surface area contributed by atoms with Crippen LogP contribution in [0.25, 0.3) is 0 Å². The lowest BCUT2D eigenvalue weighted by molar-refractivity contribution is 0.221. The van der Waals surface area contributed by atoms with Crippen molar-refractivity contribution in [2.45, 2.75) is 26.6 Å². The monoisotopic (exact) mass is 544 g/mol. The Bertz CT molecular complexity index is 1240. The summed E-state index contributed by atoms with van der Waals surface area (Å²) in [6.07, 6.45) is 6.37. The minimum absolute atomic E-state index is 0.297. The van der Waals surface area contributed by atoms with Gasteiger partial charge in [-0.25, -0.2) is 4.68 Å². The second-order valence-electron chi connectivity index (χ2n) is 7.23.